The van der Waals surface area contributed by atoms with E-state index in [1.54, 1.807) is 0 Å². The van der Waals surface area contributed by atoms with Gasteiger partial charge in [0.05, 0.1) is 4.47 Å². The van der Waals surface area contributed by atoms with Crippen molar-refractivity contribution in [2.24, 2.45) is 0 Å². The van der Waals surface area contributed by atoms with Crippen LogP contribution in [0.3, 0.4) is 0 Å². The lowest BCUT2D eigenvalue weighted by Gasteiger charge is -2.17. The van der Waals surface area contributed by atoms with Crippen molar-refractivity contribution in [1.29, 1.82) is 0 Å². The highest BCUT2D eigenvalue weighted by atomic mass is 79.9. The van der Waals surface area contributed by atoms with Crippen LogP contribution >= 0.6 is 31.9 Å². The molecule has 0 saturated carbocycles. The first-order chi connectivity index (χ1) is 10.0. The zero-order chi connectivity index (χ0) is 15.1. The largest absolute Gasteiger partial charge is 0.312 e. The molecule has 1 aromatic heterocycles. The van der Waals surface area contributed by atoms with E-state index in [2.05, 4.69) is 37.2 Å². The Hall–Kier alpha value is -0.910. The minimum absolute atomic E-state index is 0.0342. The summed E-state index contributed by atoms with van der Waals surface area (Å²) in [5.74, 6) is 0.0342. The number of nitrogens with one attached hydrogen (secondary N) is 1. The Labute approximate surface area is 141 Å². The molecule has 0 spiro atoms. The van der Waals surface area contributed by atoms with Crippen LogP contribution in [-0.4, -0.2) is 17.0 Å². The highest BCUT2D eigenvalue weighted by Crippen LogP contribution is 2.35. The molecular weight excluding hydrogens is 396 g/mol. The van der Waals surface area contributed by atoms with Gasteiger partial charge < -0.3 is 5.32 Å². The third-order valence-electron chi connectivity index (χ3n) is 3.93. The van der Waals surface area contributed by atoms with Crippen molar-refractivity contribution >= 4 is 37.8 Å². The highest BCUT2D eigenvalue weighted by Gasteiger charge is 2.26. The van der Waals surface area contributed by atoms with Crippen LogP contribution in [0.25, 0.3) is 0 Å². The number of hydrogen-bond donors (Lipinski definition) is 1. The van der Waals surface area contributed by atoms with Gasteiger partial charge in [0.1, 0.15) is 4.60 Å². The fourth-order valence-electron chi connectivity index (χ4n) is 2.76. The first kappa shape index (κ1) is 15.0. The normalized spacial score (nSPS) is 14.1. The van der Waals surface area contributed by atoms with Gasteiger partial charge in [-0.25, -0.2) is 0 Å². The second-order valence-corrected chi connectivity index (χ2v) is 6.96. The second-order valence-electron chi connectivity index (χ2n) is 5.42. The van der Waals surface area contributed by atoms with Crippen LogP contribution in [0, 0.1) is 13.8 Å². The van der Waals surface area contributed by atoms with Gasteiger partial charge in [0, 0.05) is 36.3 Å². The Bertz CT molecular complexity index is 734. The molecule has 0 saturated heterocycles. The number of aryl methyl sites for hydroxylation is 2. The maximum absolute atomic E-state index is 13.0. The molecule has 2 aromatic rings. The van der Waals surface area contributed by atoms with Gasteiger partial charge in [0.2, 0.25) is 0 Å². The van der Waals surface area contributed by atoms with E-state index in [9.17, 15) is 4.79 Å². The topological polar surface area (TPSA) is 34.0 Å². The number of rotatable bonds is 1. The molecule has 0 radical (unpaired) electrons. The number of carbonyl (C=O) groups is 1. The maximum atomic E-state index is 13.0. The van der Waals surface area contributed by atoms with Crippen LogP contribution in [0.1, 0.15) is 32.7 Å². The average molecular weight is 412 g/mol. The molecule has 5 heteroatoms. The number of hydrogen-bond acceptors (Lipinski definition) is 2. The molecule has 3 rings (SSSR count). The van der Waals surface area contributed by atoms with E-state index in [1.807, 2.05) is 36.6 Å². The number of nitrogens with zero attached hydrogens (tertiary/aromatic N) is 1. The van der Waals surface area contributed by atoms with E-state index in [4.69, 9.17) is 0 Å². The molecule has 0 aliphatic carbocycles. The van der Waals surface area contributed by atoms with Crippen molar-refractivity contribution < 1.29 is 4.79 Å². The van der Waals surface area contributed by atoms with Crippen molar-refractivity contribution in [3.05, 3.63) is 55.2 Å². The number of benzene rings is 1. The molecule has 0 unspecified atom stereocenters. The number of halogens is 2. The third kappa shape index (κ3) is 2.51. The molecule has 0 amide bonds. The van der Waals surface area contributed by atoms with Crippen LogP contribution in [0.2, 0.25) is 0 Å². The molecule has 110 valence electrons. The zero-order valence-corrected chi connectivity index (χ0v) is 15.1. The lowest BCUT2D eigenvalue weighted by molar-refractivity contribution is 0.0953. The minimum atomic E-state index is 0.0342. The fraction of sp³-hybridized carbons (Fsp3) is 0.312. The number of fused-ring (bicyclic) bond motifs is 1. The van der Waals surface area contributed by atoms with Gasteiger partial charge in [-0.1, -0.05) is 17.7 Å². The van der Waals surface area contributed by atoms with E-state index in [1.165, 1.54) is 5.56 Å². The number of aromatic nitrogens is 1. The van der Waals surface area contributed by atoms with Crippen molar-refractivity contribution in [1.82, 2.24) is 9.88 Å². The molecule has 0 bridgehead atoms. The summed E-state index contributed by atoms with van der Waals surface area (Å²) < 4.78 is 3.59. The molecule has 0 fully saturated rings. The van der Waals surface area contributed by atoms with E-state index in [0.29, 0.717) is 0 Å². The Morgan fingerprint density at radius 2 is 2.05 bits per heavy atom. The SMILES string of the molecule is Cc1ccc(C)c(C(=O)n2c(Br)c(Br)c3c2CCNC3)c1. The van der Waals surface area contributed by atoms with Crippen molar-refractivity contribution in [3.8, 4) is 0 Å². The monoisotopic (exact) mass is 410 g/mol. The summed E-state index contributed by atoms with van der Waals surface area (Å²) >= 11 is 7.17. The van der Waals surface area contributed by atoms with Gasteiger partial charge in [0.25, 0.3) is 5.91 Å². The third-order valence-corrected chi connectivity index (χ3v) is 6.06. The molecule has 2 heterocycles. The Kier molecular flexibility index (Phi) is 4.08. The molecule has 21 heavy (non-hydrogen) atoms. The van der Waals surface area contributed by atoms with Crippen LogP contribution < -0.4 is 5.32 Å². The van der Waals surface area contributed by atoms with Gasteiger partial charge in [-0.2, -0.15) is 0 Å². The first-order valence-electron chi connectivity index (χ1n) is 6.91. The average Bonchev–Trinajstić information content (AvgIpc) is 2.73. The maximum Gasteiger partial charge on any atom is 0.263 e. The summed E-state index contributed by atoms with van der Waals surface area (Å²) in [4.78, 5) is 13.0. The summed E-state index contributed by atoms with van der Waals surface area (Å²) in [6.45, 7) is 5.68. The Morgan fingerprint density at radius 1 is 1.29 bits per heavy atom. The predicted octanol–water partition coefficient (Wildman–Crippen LogP) is 3.96. The van der Waals surface area contributed by atoms with Crippen LogP contribution in [0.5, 0.6) is 0 Å². The predicted molar refractivity (Wildman–Crippen MR) is 90.9 cm³/mol. The van der Waals surface area contributed by atoms with Gasteiger partial charge in [-0.05, 0) is 57.3 Å². The lowest BCUT2D eigenvalue weighted by atomic mass is 10.0. The van der Waals surface area contributed by atoms with E-state index in [0.717, 1.165) is 51.0 Å². The van der Waals surface area contributed by atoms with Crippen LogP contribution in [-0.2, 0) is 13.0 Å². The Morgan fingerprint density at radius 3 is 2.81 bits per heavy atom. The van der Waals surface area contributed by atoms with Crippen LogP contribution in [0.15, 0.2) is 27.3 Å². The summed E-state index contributed by atoms with van der Waals surface area (Å²) in [6, 6.07) is 6.00. The molecule has 1 aliphatic rings. The van der Waals surface area contributed by atoms with Crippen LogP contribution in [0.4, 0.5) is 0 Å². The van der Waals surface area contributed by atoms with Gasteiger partial charge in [0.15, 0.2) is 0 Å². The second kappa shape index (κ2) is 5.71. The van der Waals surface area contributed by atoms with Gasteiger partial charge >= 0.3 is 0 Å². The van der Waals surface area contributed by atoms with E-state index >= 15 is 0 Å². The molecule has 0 atom stereocenters. The van der Waals surface area contributed by atoms with Crippen molar-refractivity contribution in [2.75, 3.05) is 6.54 Å². The van der Waals surface area contributed by atoms with Crippen molar-refractivity contribution in [2.45, 2.75) is 26.8 Å². The zero-order valence-electron chi connectivity index (χ0n) is 12.0. The van der Waals surface area contributed by atoms with Gasteiger partial charge in [-0.3, -0.25) is 9.36 Å². The quantitative estimate of drug-likeness (QED) is 0.770. The Balaban J connectivity index is 2.16. The molecule has 1 N–H and O–H groups in total. The number of carbonyl (C=O) groups excluding carboxylic acids is 1. The molecule has 1 aromatic carbocycles. The van der Waals surface area contributed by atoms with E-state index < -0.39 is 0 Å². The summed E-state index contributed by atoms with van der Waals surface area (Å²) in [7, 11) is 0. The molecular formula is C16H16Br2N2O. The summed E-state index contributed by atoms with van der Waals surface area (Å²) in [6.07, 6.45) is 0.857. The summed E-state index contributed by atoms with van der Waals surface area (Å²) in [5.41, 5.74) is 5.14. The minimum Gasteiger partial charge on any atom is -0.312 e. The molecule has 1 aliphatic heterocycles. The van der Waals surface area contributed by atoms with Crippen molar-refractivity contribution in [3.63, 3.8) is 0 Å². The molecule has 3 nitrogen and oxygen atoms in total. The van der Waals surface area contributed by atoms with Gasteiger partial charge in [-0.15, -0.1) is 0 Å². The lowest BCUT2D eigenvalue weighted by Crippen LogP contribution is -2.27. The highest BCUT2D eigenvalue weighted by molar-refractivity contribution is 9.13. The summed E-state index contributed by atoms with van der Waals surface area (Å²) in [5, 5.41) is 3.35. The standard InChI is InChI=1S/C16H16Br2N2O/c1-9-3-4-10(2)11(7-9)16(21)20-13-5-6-19-8-12(13)14(17)15(20)18/h3-4,7,19H,5-6,8H2,1-2H3. The first-order valence-corrected chi connectivity index (χ1v) is 8.49. The smallest absolute Gasteiger partial charge is 0.263 e. The van der Waals surface area contributed by atoms with E-state index in [-0.39, 0.29) is 5.91 Å². The fourth-order valence-corrected chi connectivity index (χ4v) is 3.92.